The summed E-state index contributed by atoms with van der Waals surface area (Å²) in [4.78, 5) is 12.2. The van der Waals surface area contributed by atoms with Gasteiger partial charge < -0.3 is 11.1 Å². The zero-order valence-electron chi connectivity index (χ0n) is 11.3. The first kappa shape index (κ1) is 14.8. The van der Waals surface area contributed by atoms with Crippen LogP contribution in [0.3, 0.4) is 0 Å². The number of nitrogens with two attached hydrogens (primary N) is 1. The second-order valence-corrected chi connectivity index (χ2v) is 6.57. The number of halogens is 1. The fourth-order valence-electron chi connectivity index (χ4n) is 2.58. The lowest BCUT2D eigenvalue weighted by atomic mass is 9.81. The molecule has 1 aromatic carbocycles. The molecule has 0 saturated heterocycles. The van der Waals surface area contributed by atoms with Gasteiger partial charge in [0.1, 0.15) is 0 Å². The molecule has 2 rings (SSSR count). The van der Waals surface area contributed by atoms with Crippen molar-refractivity contribution in [3.05, 3.63) is 27.3 Å². The molecular weight excluding hydrogens is 351 g/mol. The third kappa shape index (κ3) is 3.92. The first-order valence-corrected chi connectivity index (χ1v) is 7.95. The molecule has 0 bridgehead atoms. The Morgan fingerprint density at radius 3 is 2.63 bits per heavy atom. The SMILES string of the molecule is Cc1ccc(NC(=O)C2CCC(CN)CC2)cc1I. The van der Waals surface area contributed by atoms with Crippen LogP contribution in [0.5, 0.6) is 0 Å². The summed E-state index contributed by atoms with van der Waals surface area (Å²) < 4.78 is 1.18. The predicted octanol–water partition coefficient (Wildman–Crippen LogP) is 3.30. The Kier molecular flexibility index (Phi) is 5.21. The number of carbonyl (C=O) groups excluding carboxylic acids is 1. The van der Waals surface area contributed by atoms with E-state index in [9.17, 15) is 4.79 Å². The number of nitrogens with one attached hydrogen (secondary N) is 1. The van der Waals surface area contributed by atoms with Crippen LogP contribution in [0.15, 0.2) is 18.2 Å². The van der Waals surface area contributed by atoms with E-state index in [1.807, 2.05) is 18.2 Å². The number of amides is 1. The van der Waals surface area contributed by atoms with Crippen molar-refractivity contribution in [3.8, 4) is 0 Å². The molecule has 1 aliphatic rings. The number of carbonyl (C=O) groups is 1. The first-order chi connectivity index (χ1) is 9.10. The lowest BCUT2D eigenvalue weighted by Crippen LogP contribution is -2.29. The molecule has 3 nitrogen and oxygen atoms in total. The maximum absolute atomic E-state index is 12.2. The topological polar surface area (TPSA) is 55.1 Å². The molecule has 4 heteroatoms. The van der Waals surface area contributed by atoms with Crippen molar-refractivity contribution in [2.45, 2.75) is 32.6 Å². The summed E-state index contributed by atoms with van der Waals surface area (Å²) in [5.74, 6) is 0.932. The van der Waals surface area contributed by atoms with Gasteiger partial charge in [0.25, 0.3) is 0 Å². The summed E-state index contributed by atoms with van der Waals surface area (Å²) in [6.07, 6.45) is 4.10. The minimum absolute atomic E-state index is 0.154. The molecule has 0 spiro atoms. The van der Waals surface area contributed by atoms with Crippen LogP contribution >= 0.6 is 22.6 Å². The van der Waals surface area contributed by atoms with Gasteiger partial charge in [-0.2, -0.15) is 0 Å². The Balaban J connectivity index is 1.92. The Bertz CT molecular complexity index is 453. The molecule has 0 radical (unpaired) electrons. The van der Waals surface area contributed by atoms with Gasteiger partial charge in [0.15, 0.2) is 0 Å². The maximum atomic E-state index is 12.2. The summed E-state index contributed by atoms with van der Waals surface area (Å²) in [6, 6.07) is 6.04. The quantitative estimate of drug-likeness (QED) is 0.800. The van der Waals surface area contributed by atoms with Gasteiger partial charge in [0, 0.05) is 15.2 Å². The summed E-state index contributed by atoms with van der Waals surface area (Å²) in [6.45, 7) is 2.83. The number of benzene rings is 1. The highest BCUT2D eigenvalue weighted by Crippen LogP contribution is 2.29. The highest BCUT2D eigenvalue weighted by Gasteiger charge is 2.25. The molecule has 1 fully saturated rings. The molecule has 0 unspecified atom stereocenters. The predicted molar refractivity (Wildman–Crippen MR) is 87.0 cm³/mol. The monoisotopic (exact) mass is 372 g/mol. The lowest BCUT2D eigenvalue weighted by molar-refractivity contribution is -0.121. The summed E-state index contributed by atoms with van der Waals surface area (Å²) in [5.41, 5.74) is 7.82. The molecule has 104 valence electrons. The first-order valence-electron chi connectivity index (χ1n) is 6.87. The zero-order chi connectivity index (χ0) is 13.8. The molecule has 19 heavy (non-hydrogen) atoms. The van der Waals surface area contributed by atoms with Gasteiger partial charge in [0.05, 0.1) is 0 Å². The molecule has 1 aromatic rings. The fraction of sp³-hybridized carbons (Fsp3) is 0.533. The number of hydrogen-bond donors (Lipinski definition) is 2. The third-order valence-electron chi connectivity index (χ3n) is 3.99. The van der Waals surface area contributed by atoms with Crippen LogP contribution in [0.1, 0.15) is 31.2 Å². The van der Waals surface area contributed by atoms with E-state index in [4.69, 9.17) is 5.73 Å². The molecule has 0 aliphatic heterocycles. The second-order valence-electron chi connectivity index (χ2n) is 5.41. The van der Waals surface area contributed by atoms with Gasteiger partial charge in [-0.15, -0.1) is 0 Å². The highest BCUT2D eigenvalue weighted by molar-refractivity contribution is 14.1. The molecular formula is C15H21IN2O. The molecule has 0 atom stereocenters. The largest absolute Gasteiger partial charge is 0.330 e. The van der Waals surface area contributed by atoms with Crippen molar-refractivity contribution in [3.63, 3.8) is 0 Å². The van der Waals surface area contributed by atoms with Gasteiger partial charge >= 0.3 is 0 Å². The van der Waals surface area contributed by atoms with Gasteiger partial charge in [-0.05, 0) is 85.4 Å². The van der Waals surface area contributed by atoms with E-state index < -0.39 is 0 Å². The van der Waals surface area contributed by atoms with Crippen molar-refractivity contribution in [1.29, 1.82) is 0 Å². The van der Waals surface area contributed by atoms with E-state index in [0.717, 1.165) is 37.9 Å². The molecule has 0 heterocycles. The van der Waals surface area contributed by atoms with E-state index in [2.05, 4.69) is 34.8 Å². The van der Waals surface area contributed by atoms with Crippen LogP contribution < -0.4 is 11.1 Å². The Morgan fingerprint density at radius 1 is 1.37 bits per heavy atom. The zero-order valence-corrected chi connectivity index (χ0v) is 13.4. The van der Waals surface area contributed by atoms with E-state index >= 15 is 0 Å². The van der Waals surface area contributed by atoms with E-state index in [1.165, 1.54) is 9.13 Å². The summed E-state index contributed by atoms with van der Waals surface area (Å²) in [7, 11) is 0. The van der Waals surface area contributed by atoms with Crippen molar-refractivity contribution >= 4 is 34.2 Å². The Morgan fingerprint density at radius 2 is 2.05 bits per heavy atom. The fourth-order valence-corrected chi connectivity index (χ4v) is 3.09. The molecule has 1 amide bonds. The van der Waals surface area contributed by atoms with Crippen LogP contribution in [0.2, 0.25) is 0 Å². The van der Waals surface area contributed by atoms with Crippen molar-refractivity contribution in [1.82, 2.24) is 0 Å². The molecule has 0 aromatic heterocycles. The minimum atomic E-state index is 0.154. The third-order valence-corrected chi connectivity index (χ3v) is 5.15. The van der Waals surface area contributed by atoms with Crippen LogP contribution in [0.25, 0.3) is 0 Å². The Labute approximate surface area is 128 Å². The summed E-state index contributed by atoms with van der Waals surface area (Å²) >= 11 is 2.29. The van der Waals surface area contributed by atoms with E-state index in [1.54, 1.807) is 0 Å². The standard InChI is InChI=1S/C15H21IN2O/c1-10-2-7-13(8-14(10)16)18-15(19)12-5-3-11(9-17)4-6-12/h2,7-8,11-12H,3-6,9,17H2,1H3,(H,18,19). The number of hydrogen-bond acceptors (Lipinski definition) is 2. The normalized spacial score (nSPS) is 23.1. The smallest absolute Gasteiger partial charge is 0.227 e. The van der Waals surface area contributed by atoms with Crippen molar-refractivity contribution < 1.29 is 4.79 Å². The average Bonchev–Trinajstić information content (AvgIpc) is 2.43. The van der Waals surface area contributed by atoms with E-state index in [0.29, 0.717) is 5.92 Å². The van der Waals surface area contributed by atoms with Gasteiger partial charge in [-0.3, -0.25) is 4.79 Å². The minimum Gasteiger partial charge on any atom is -0.330 e. The van der Waals surface area contributed by atoms with Crippen molar-refractivity contribution in [2.24, 2.45) is 17.6 Å². The van der Waals surface area contributed by atoms with Crippen LogP contribution in [0, 0.1) is 22.3 Å². The number of aryl methyl sites for hydroxylation is 1. The molecule has 1 aliphatic carbocycles. The van der Waals surface area contributed by atoms with Crippen LogP contribution in [-0.4, -0.2) is 12.5 Å². The van der Waals surface area contributed by atoms with E-state index in [-0.39, 0.29) is 11.8 Å². The number of rotatable bonds is 3. The van der Waals surface area contributed by atoms with Gasteiger partial charge in [-0.1, -0.05) is 6.07 Å². The summed E-state index contributed by atoms with van der Waals surface area (Å²) in [5, 5.41) is 3.04. The maximum Gasteiger partial charge on any atom is 0.227 e. The highest BCUT2D eigenvalue weighted by atomic mass is 127. The molecule has 3 N–H and O–H groups in total. The molecule has 1 saturated carbocycles. The van der Waals surface area contributed by atoms with Gasteiger partial charge in [-0.25, -0.2) is 0 Å². The second kappa shape index (κ2) is 6.70. The van der Waals surface area contributed by atoms with Gasteiger partial charge in [0.2, 0.25) is 5.91 Å². The number of anilines is 1. The lowest BCUT2D eigenvalue weighted by Gasteiger charge is -2.26. The van der Waals surface area contributed by atoms with Crippen molar-refractivity contribution in [2.75, 3.05) is 11.9 Å². The van der Waals surface area contributed by atoms with Crippen LogP contribution in [-0.2, 0) is 4.79 Å². The average molecular weight is 372 g/mol. The Hall–Kier alpha value is -0.620. The van der Waals surface area contributed by atoms with Crippen LogP contribution in [0.4, 0.5) is 5.69 Å².